The summed E-state index contributed by atoms with van der Waals surface area (Å²) in [5.74, 6) is -0.846. The van der Waals surface area contributed by atoms with Crippen LogP contribution in [0.1, 0.15) is 28.8 Å². The van der Waals surface area contributed by atoms with E-state index in [-0.39, 0.29) is 50.4 Å². The number of rotatable bonds is 9. The third kappa shape index (κ3) is 4.61. The topological polar surface area (TPSA) is 55.8 Å². The van der Waals surface area contributed by atoms with E-state index in [9.17, 15) is 14.3 Å². The maximum absolute atomic E-state index is 14.8. The maximum Gasteiger partial charge on any atom is 0.167 e. The van der Waals surface area contributed by atoms with E-state index in [1.165, 1.54) is 6.07 Å². The van der Waals surface area contributed by atoms with E-state index in [2.05, 4.69) is 0 Å². The molecule has 29 heavy (non-hydrogen) atoms. The summed E-state index contributed by atoms with van der Waals surface area (Å²) in [6.45, 7) is 0.293. The van der Waals surface area contributed by atoms with Crippen molar-refractivity contribution in [2.24, 2.45) is 5.92 Å². The normalized spacial score (nSPS) is 23.8. The van der Waals surface area contributed by atoms with Gasteiger partial charge in [0, 0.05) is 41.9 Å². The summed E-state index contributed by atoms with van der Waals surface area (Å²) in [6.07, 6.45) is -0.0205. The lowest BCUT2D eigenvalue weighted by atomic mass is 9.67. The van der Waals surface area contributed by atoms with Gasteiger partial charge in [-0.3, -0.25) is 4.79 Å². The lowest BCUT2D eigenvalue weighted by Gasteiger charge is -2.35. The molecule has 0 saturated carbocycles. The third-order valence-electron chi connectivity index (χ3n) is 5.62. The molecule has 1 N–H and O–H groups in total. The molecule has 0 bridgehead atoms. The van der Waals surface area contributed by atoms with Gasteiger partial charge >= 0.3 is 0 Å². The first kappa shape index (κ1) is 21.7. The quantitative estimate of drug-likeness (QED) is 0.498. The monoisotopic (exact) mass is 416 g/mol. The van der Waals surface area contributed by atoms with Gasteiger partial charge in [0.2, 0.25) is 0 Å². The lowest BCUT2D eigenvalue weighted by molar-refractivity contribution is 0.00958. The minimum absolute atomic E-state index is 0.0767. The van der Waals surface area contributed by atoms with Crippen molar-refractivity contribution in [3.8, 4) is 0 Å². The van der Waals surface area contributed by atoms with Gasteiger partial charge in [0.05, 0.1) is 19.3 Å². The van der Waals surface area contributed by atoms with Gasteiger partial charge in [0.1, 0.15) is 5.82 Å². The Labute approximate surface area is 175 Å². The van der Waals surface area contributed by atoms with E-state index in [1.54, 1.807) is 49.6 Å². The van der Waals surface area contributed by atoms with Crippen LogP contribution in [0.4, 0.5) is 4.39 Å². The van der Waals surface area contributed by atoms with Crippen molar-refractivity contribution < 1.29 is 23.8 Å². The summed E-state index contributed by atoms with van der Waals surface area (Å²) in [5, 5.41) is 10.2. The largest absolute Gasteiger partial charge is 0.396 e. The van der Waals surface area contributed by atoms with Crippen molar-refractivity contribution in [1.82, 2.24) is 0 Å². The van der Waals surface area contributed by atoms with Crippen LogP contribution < -0.4 is 0 Å². The highest BCUT2D eigenvalue weighted by atomic mass is 32.1. The number of carbonyl (C=O) groups is 1. The first-order valence-electron chi connectivity index (χ1n) is 9.58. The minimum atomic E-state index is -0.850. The number of aliphatic hydroxyl groups is 1. The Morgan fingerprint density at radius 2 is 1.93 bits per heavy atom. The maximum atomic E-state index is 14.8. The van der Waals surface area contributed by atoms with Crippen LogP contribution in [-0.2, 0) is 14.9 Å². The predicted octanol–water partition coefficient (Wildman–Crippen LogP) is 3.75. The number of hydrogen-bond acceptors (Lipinski definition) is 5. The Hall–Kier alpha value is -1.99. The molecule has 0 radical (unpaired) electrons. The van der Waals surface area contributed by atoms with Crippen LogP contribution in [-0.4, -0.2) is 48.8 Å². The van der Waals surface area contributed by atoms with Crippen LogP contribution in [0.2, 0.25) is 0 Å². The second-order valence-electron chi connectivity index (χ2n) is 7.41. The van der Waals surface area contributed by atoms with Gasteiger partial charge in [-0.05, 0) is 18.1 Å². The molecule has 0 unspecified atom stereocenters. The van der Waals surface area contributed by atoms with E-state index in [1.807, 2.05) is 6.07 Å². The molecule has 3 atom stereocenters. The molecule has 2 aromatic carbocycles. The molecule has 154 valence electrons. The number of methoxy groups -OCH3 is 1. The molecule has 0 amide bonds. The van der Waals surface area contributed by atoms with Gasteiger partial charge in [0.25, 0.3) is 0 Å². The van der Waals surface area contributed by atoms with Gasteiger partial charge < -0.3 is 14.6 Å². The summed E-state index contributed by atoms with van der Waals surface area (Å²) >= 11 is 5.57. The third-order valence-corrected chi connectivity index (χ3v) is 5.91. The molecule has 6 heteroatoms. The highest BCUT2D eigenvalue weighted by molar-refractivity contribution is 7.80. The predicted molar refractivity (Wildman–Crippen MR) is 113 cm³/mol. The van der Waals surface area contributed by atoms with Gasteiger partial charge in [-0.2, -0.15) is 0 Å². The second kappa shape index (κ2) is 9.67. The van der Waals surface area contributed by atoms with Crippen LogP contribution in [0.3, 0.4) is 0 Å². The Kier molecular flexibility index (Phi) is 7.24. The lowest BCUT2D eigenvalue weighted by Crippen LogP contribution is -2.42. The molecular weight excluding hydrogens is 391 g/mol. The zero-order valence-electron chi connectivity index (χ0n) is 16.3. The highest BCUT2D eigenvalue weighted by Gasteiger charge is 2.51. The Morgan fingerprint density at radius 1 is 1.24 bits per heavy atom. The number of hydrogen-bond donors (Lipinski definition) is 1. The number of Topliss-reactive ketones (excluding diaryl/α,β-unsaturated/α-hetero) is 1. The molecular formula is C23H25FO4S. The molecule has 0 spiro atoms. The molecule has 1 heterocycles. The van der Waals surface area contributed by atoms with E-state index >= 15 is 0 Å². The summed E-state index contributed by atoms with van der Waals surface area (Å²) in [6, 6.07) is 15.4. The number of ether oxygens (including phenoxy) is 2. The summed E-state index contributed by atoms with van der Waals surface area (Å²) in [5.41, 5.74) is 0.192. The van der Waals surface area contributed by atoms with Crippen LogP contribution >= 0.6 is 12.2 Å². The first-order chi connectivity index (χ1) is 14.0. The zero-order valence-corrected chi connectivity index (χ0v) is 17.2. The number of benzene rings is 2. The fourth-order valence-electron chi connectivity index (χ4n) is 4.19. The van der Waals surface area contributed by atoms with Crippen molar-refractivity contribution in [2.45, 2.75) is 24.4 Å². The zero-order chi connectivity index (χ0) is 20.9. The molecule has 1 saturated heterocycles. The van der Waals surface area contributed by atoms with Crippen molar-refractivity contribution in [3.05, 3.63) is 71.5 Å². The Bertz CT molecular complexity index is 857. The Balaban J connectivity index is 1.89. The smallest absolute Gasteiger partial charge is 0.167 e. The van der Waals surface area contributed by atoms with Gasteiger partial charge in [-0.25, -0.2) is 4.39 Å². The van der Waals surface area contributed by atoms with Gasteiger partial charge in [-0.15, -0.1) is 0 Å². The summed E-state index contributed by atoms with van der Waals surface area (Å²) in [4.78, 5) is 13.1. The molecule has 0 aliphatic carbocycles. The van der Waals surface area contributed by atoms with E-state index < -0.39 is 11.3 Å². The summed E-state index contributed by atoms with van der Waals surface area (Å²) in [7, 11) is 1.56. The van der Waals surface area contributed by atoms with Crippen molar-refractivity contribution in [2.75, 3.05) is 26.9 Å². The van der Waals surface area contributed by atoms with Crippen LogP contribution in [0.25, 0.3) is 0 Å². The van der Waals surface area contributed by atoms with Crippen molar-refractivity contribution >= 4 is 22.9 Å². The average molecular weight is 417 g/mol. The number of ketones is 1. The molecule has 2 aromatic rings. The number of aliphatic hydroxyl groups excluding tert-OH is 1. The van der Waals surface area contributed by atoms with E-state index in [0.29, 0.717) is 16.0 Å². The fourth-order valence-corrected chi connectivity index (χ4v) is 4.58. The molecule has 4 nitrogen and oxygen atoms in total. The van der Waals surface area contributed by atoms with Gasteiger partial charge in [-0.1, -0.05) is 60.7 Å². The van der Waals surface area contributed by atoms with Gasteiger partial charge in [0.15, 0.2) is 5.78 Å². The van der Waals surface area contributed by atoms with Crippen molar-refractivity contribution in [3.63, 3.8) is 0 Å². The highest BCUT2D eigenvalue weighted by Crippen LogP contribution is 2.45. The summed E-state index contributed by atoms with van der Waals surface area (Å²) < 4.78 is 26.0. The minimum Gasteiger partial charge on any atom is -0.396 e. The van der Waals surface area contributed by atoms with Crippen molar-refractivity contribution in [1.29, 1.82) is 0 Å². The number of thiocarbonyl (C=S) groups is 1. The molecule has 3 rings (SSSR count). The average Bonchev–Trinajstić information content (AvgIpc) is 3.06. The SMILES string of the molecule is COC[C@H]1OC[C@@](CC(=S)CC(=O)c2ccccc2)(c2ccccc2F)[C@@H]1CO. The molecule has 1 aliphatic heterocycles. The first-order valence-corrected chi connectivity index (χ1v) is 9.99. The van der Waals surface area contributed by atoms with E-state index in [4.69, 9.17) is 21.7 Å². The second-order valence-corrected chi connectivity index (χ2v) is 7.99. The van der Waals surface area contributed by atoms with Crippen LogP contribution in [0.5, 0.6) is 0 Å². The fraction of sp³-hybridized carbons (Fsp3) is 0.391. The number of carbonyl (C=O) groups excluding carboxylic acids is 1. The molecule has 1 aliphatic rings. The van der Waals surface area contributed by atoms with Crippen LogP contribution in [0, 0.1) is 11.7 Å². The van der Waals surface area contributed by atoms with E-state index in [0.717, 1.165) is 0 Å². The standard InChI is InChI=1S/C23H25FO4S/c1-27-14-22-19(13-25)23(15-28-22,18-9-5-6-10-20(18)24)12-17(29)11-21(26)16-7-3-2-4-8-16/h2-10,19,22,25H,11-15H2,1H3/t19-,22-,23+/m1/s1. The Morgan fingerprint density at radius 3 is 2.59 bits per heavy atom. The molecule has 1 fully saturated rings. The molecule has 0 aromatic heterocycles. The van der Waals surface area contributed by atoms with Crippen LogP contribution in [0.15, 0.2) is 54.6 Å². The number of halogens is 1.